The van der Waals surface area contributed by atoms with Crippen molar-refractivity contribution in [3.63, 3.8) is 0 Å². The van der Waals surface area contributed by atoms with Gasteiger partial charge in [-0.05, 0) is 11.4 Å². The van der Waals surface area contributed by atoms with E-state index in [9.17, 15) is 9.59 Å². The summed E-state index contributed by atoms with van der Waals surface area (Å²) < 4.78 is 8.46. The van der Waals surface area contributed by atoms with E-state index in [2.05, 4.69) is 9.47 Å². The van der Waals surface area contributed by atoms with Gasteiger partial charge in [0.15, 0.2) is 5.75 Å². The summed E-state index contributed by atoms with van der Waals surface area (Å²) >= 11 is 0.928. The molecule has 2 N–H and O–H groups in total. The molecule has 1 aromatic rings. The Morgan fingerprint density at radius 2 is 1.85 bits per heavy atom. The molecule has 0 aliphatic carbocycles. The predicted molar refractivity (Wildman–Crippen MR) is 41.6 cm³/mol. The molecule has 0 amide bonds. The van der Waals surface area contributed by atoms with Crippen molar-refractivity contribution in [1.29, 1.82) is 0 Å². The molecular formula is C6H4O6S. The van der Waals surface area contributed by atoms with Crippen LogP contribution in [0.15, 0.2) is 11.4 Å². The summed E-state index contributed by atoms with van der Waals surface area (Å²) in [6.07, 6.45) is -3.04. The molecule has 6 nitrogen and oxygen atoms in total. The van der Waals surface area contributed by atoms with Crippen molar-refractivity contribution in [2.75, 3.05) is 0 Å². The average molecular weight is 204 g/mol. The minimum Gasteiger partial charge on any atom is -0.449 e. The number of hydrogen-bond donors (Lipinski definition) is 2. The van der Waals surface area contributed by atoms with Gasteiger partial charge in [0.05, 0.1) is 0 Å². The van der Waals surface area contributed by atoms with E-state index >= 15 is 0 Å². The number of hydrogen-bond acceptors (Lipinski definition) is 5. The normalized spacial score (nSPS) is 9.23. The van der Waals surface area contributed by atoms with Gasteiger partial charge in [-0.3, -0.25) is 0 Å². The second-order valence-corrected chi connectivity index (χ2v) is 2.69. The molecule has 0 atom stereocenters. The van der Waals surface area contributed by atoms with Crippen molar-refractivity contribution in [2.24, 2.45) is 0 Å². The zero-order chi connectivity index (χ0) is 9.84. The maximum atomic E-state index is 10.1. The monoisotopic (exact) mass is 204 g/mol. The van der Waals surface area contributed by atoms with E-state index in [4.69, 9.17) is 10.2 Å². The molecule has 0 unspecified atom stereocenters. The Balaban J connectivity index is 2.76. The second-order valence-electron chi connectivity index (χ2n) is 1.81. The highest BCUT2D eigenvalue weighted by molar-refractivity contribution is 7.12. The van der Waals surface area contributed by atoms with Gasteiger partial charge in [-0.25, -0.2) is 9.59 Å². The van der Waals surface area contributed by atoms with Gasteiger partial charge in [0, 0.05) is 0 Å². The van der Waals surface area contributed by atoms with Crippen LogP contribution in [0.3, 0.4) is 0 Å². The topological polar surface area (TPSA) is 93.1 Å². The molecule has 0 bridgehead atoms. The number of carboxylic acid groups (broad SMARTS) is 2. The third kappa shape index (κ3) is 2.64. The van der Waals surface area contributed by atoms with Crippen LogP contribution in [-0.2, 0) is 0 Å². The zero-order valence-corrected chi connectivity index (χ0v) is 6.91. The first-order valence-corrected chi connectivity index (χ1v) is 3.86. The van der Waals surface area contributed by atoms with E-state index in [1.807, 2.05) is 0 Å². The smallest absolute Gasteiger partial charge is 0.449 e. The lowest BCUT2D eigenvalue weighted by molar-refractivity contribution is 0.134. The first kappa shape index (κ1) is 9.33. The standard InChI is InChI=1S/C6H4O6S/c7-5(8)11-3-1-2-13-4(3)12-6(9)10/h1-2H,(H,7,8)(H,9,10). The van der Waals surface area contributed by atoms with E-state index in [0.717, 1.165) is 11.3 Å². The number of ether oxygens (including phenoxy) is 2. The molecule has 0 spiro atoms. The highest BCUT2D eigenvalue weighted by atomic mass is 32.1. The Hall–Kier alpha value is -1.76. The SMILES string of the molecule is O=C(O)Oc1ccsc1OC(=O)O. The highest BCUT2D eigenvalue weighted by Crippen LogP contribution is 2.33. The largest absolute Gasteiger partial charge is 0.512 e. The minimum atomic E-state index is -1.52. The van der Waals surface area contributed by atoms with Crippen LogP contribution in [0.4, 0.5) is 9.59 Å². The maximum Gasteiger partial charge on any atom is 0.512 e. The van der Waals surface area contributed by atoms with E-state index in [-0.39, 0.29) is 10.8 Å². The fourth-order valence-corrected chi connectivity index (χ4v) is 1.27. The molecular weight excluding hydrogens is 200 g/mol. The molecule has 7 heteroatoms. The number of thiophene rings is 1. The van der Waals surface area contributed by atoms with E-state index in [1.165, 1.54) is 11.4 Å². The van der Waals surface area contributed by atoms with E-state index in [0.29, 0.717) is 0 Å². The fourth-order valence-electron chi connectivity index (χ4n) is 0.607. The van der Waals surface area contributed by atoms with Crippen molar-refractivity contribution in [3.8, 4) is 10.8 Å². The average Bonchev–Trinajstić information content (AvgIpc) is 2.34. The van der Waals surface area contributed by atoms with Gasteiger partial charge >= 0.3 is 12.3 Å². The summed E-state index contributed by atoms with van der Waals surface area (Å²) in [4.78, 5) is 20.2. The third-order valence-electron chi connectivity index (χ3n) is 0.973. The highest BCUT2D eigenvalue weighted by Gasteiger charge is 2.13. The van der Waals surface area contributed by atoms with Crippen LogP contribution in [0.2, 0.25) is 0 Å². The van der Waals surface area contributed by atoms with E-state index < -0.39 is 12.3 Å². The summed E-state index contributed by atoms with van der Waals surface area (Å²) in [6, 6.07) is 1.30. The Bertz CT molecular complexity index is 299. The van der Waals surface area contributed by atoms with Gasteiger partial charge in [0.25, 0.3) is 0 Å². The van der Waals surface area contributed by atoms with Gasteiger partial charge in [0.2, 0.25) is 5.06 Å². The third-order valence-corrected chi connectivity index (χ3v) is 1.74. The Kier molecular flexibility index (Phi) is 2.70. The van der Waals surface area contributed by atoms with Crippen molar-refractivity contribution in [1.82, 2.24) is 0 Å². The lowest BCUT2D eigenvalue weighted by Crippen LogP contribution is -2.06. The maximum absolute atomic E-state index is 10.1. The molecule has 1 heterocycles. The number of carbonyl (C=O) groups is 2. The van der Waals surface area contributed by atoms with Gasteiger partial charge in [-0.1, -0.05) is 0 Å². The van der Waals surface area contributed by atoms with Crippen molar-refractivity contribution < 1.29 is 29.3 Å². The summed E-state index contributed by atoms with van der Waals surface area (Å²) in [5.41, 5.74) is 0. The second kappa shape index (κ2) is 3.76. The molecule has 0 aliphatic heterocycles. The summed E-state index contributed by atoms with van der Waals surface area (Å²) in [5.74, 6) is -0.125. The van der Waals surface area contributed by atoms with Gasteiger partial charge in [-0.15, -0.1) is 11.3 Å². The summed E-state index contributed by atoms with van der Waals surface area (Å²) in [7, 11) is 0. The molecule has 0 fully saturated rings. The van der Waals surface area contributed by atoms with Crippen LogP contribution in [0.1, 0.15) is 0 Å². The number of rotatable bonds is 2. The molecule has 1 rings (SSSR count). The molecule has 0 aliphatic rings. The van der Waals surface area contributed by atoms with Crippen LogP contribution in [-0.4, -0.2) is 22.5 Å². The van der Waals surface area contributed by atoms with Crippen LogP contribution in [0.5, 0.6) is 10.8 Å². The van der Waals surface area contributed by atoms with Crippen LogP contribution < -0.4 is 9.47 Å². The molecule has 70 valence electrons. The Morgan fingerprint density at radius 1 is 1.23 bits per heavy atom. The first-order chi connectivity index (χ1) is 6.09. The summed E-state index contributed by atoms with van der Waals surface area (Å²) in [5, 5.41) is 17.8. The van der Waals surface area contributed by atoms with Crippen LogP contribution in [0.25, 0.3) is 0 Å². The predicted octanol–water partition coefficient (Wildman–Crippen LogP) is 1.86. The summed E-state index contributed by atoms with van der Waals surface area (Å²) in [6.45, 7) is 0. The molecule has 1 aromatic heterocycles. The quantitative estimate of drug-likeness (QED) is 0.714. The fraction of sp³-hybridized carbons (Fsp3) is 0. The Labute approximate surface area is 75.9 Å². The van der Waals surface area contributed by atoms with Gasteiger partial charge in [-0.2, -0.15) is 0 Å². The van der Waals surface area contributed by atoms with Crippen LogP contribution >= 0.6 is 11.3 Å². The van der Waals surface area contributed by atoms with Gasteiger partial charge in [0.1, 0.15) is 0 Å². The first-order valence-electron chi connectivity index (χ1n) is 2.98. The van der Waals surface area contributed by atoms with Crippen molar-refractivity contribution >= 4 is 23.6 Å². The molecule has 0 aromatic carbocycles. The molecule has 13 heavy (non-hydrogen) atoms. The Morgan fingerprint density at radius 3 is 2.38 bits per heavy atom. The van der Waals surface area contributed by atoms with Crippen LogP contribution in [0, 0.1) is 0 Å². The van der Waals surface area contributed by atoms with Gasteiger partial charge < -0.3 is 19.7 Å². The lowest BCUT2D eigenvalue weighted by atomic mass is 10.6. The minimum absolute atomic E-state index is 0.102. The molecule has 0 radical (unpaired) electrons. The zero-order valence-electron chi connectivity index (χ0n) is 6.09. The molecule has 0 saturated carbocycles. The molecule has 0 saturated heterocycles. The van der Waals surface area contributed by atoms with Crippen molar-refractivity contribution in [2.45, 2.75) is 0 Å². The lowest BCUT2D eigenvalue weighted by Gasteiger charge is -1.99. The van der Waals surface area contributed by atoms with Crippen molar-refractivity contribution in [3.05, 3.63) is 11.4 Å². The van der Waals surface area contributed by atoms with E-state index in [1.54, 1.807) is 0 Å².